The van der Waals surface area contributed by atoms with Crippen LogP contribution in [0.5, 0.6) is 11.5 Å². The molecule has 0 N–H and O–H groups in total. The minimum atomic E-state index is 0.106. The minimum absolute atomic E-state index is 0.106. The van der Waals surface area contributed by atoms with Crippen LogP contribution < -0.4 is 9.47 Å². The molecule has 1 heterocycles. The normalized spacial score (nSPS) is 16.5. The summed E-state index contributed by atoms with van der Waals surface area (Å²) in [7, 11) is 3.39. The summed E-state index contributed by atoms with van der Waals surface area (Å²) in [4.78, 5) is 2.56. The van der Waals surface area contributed by atoms with E-state index in [1.165, 1.54) is 22.3 Å². The fourth-order valence-corrected chi connectivity index (χ4v) is 3.54. The number of ether oxygens (including phenoxy) is 2. The first-order valence-electron chi connectivity index (χ1n) is 8.48. The highest BCUT2D eigenvalue weighted by Gasteiger charge is 2.33. The number of nitrogens with zero attached hydrogens (tertiary/aromatic N) is 1. The van der Waals surface area contributed by atoms with Crippen molar-refractivity contribution in [1.29, 1.82) is 0 Å². The molecule has 0 spiro atoms. The number of rotatable bonds is 4. The van der Waals surface area contributed by atoms with E-state index < -0.39 is 0 Å². The quantitative estimate of drug-likeness (QED) is 0.834. The Bertz CT molecular complexity index is 737. The first kappa shape index (κ1) is 16.8. The standard InChI is InChI=1S/C21H27NO2/c1-15-8-6-7-9-16(15)13-22-14-18-11-20(24-5)19(23-4)10-17(18)12-21(22,2)3/h6-11H,12-14H2,1-5H3. The van der Waals surface area contributed by atoms with Crippen LogP contribution in [0.4, 0.5) is 0 Å². The van der Waals surface area contributed by atoms with Crippen LogP contribution in [0, 0.1) is 6.92 Å². The molecule has 24 heavy (non-hydrogen) atoms. The Hall–Kier alpha value is -2.00. The Labute approximate surface area is 145 Å². The van der Waals surface area contributed by atoms with Gasteiger partial charge in [-0.3, -0.25) is 4.90 Å². The van der Waals surface area contributed by atoms with Crippen molar-refractivity contribution in [3.8, 4) is 11.5 Å². The molecule has 1 aliphatic rings. The van der Waals surface area contributed by atoms with E-state index in [1.54, 1.807) is 14.2 Å². The number of aryl methyl sites for hydroxylation is 1. The van der Waals surface area contributed by atoms with Gasteiger partial charge < -0.3 is 9.47 Å². The summed E-state index contributed by atoms with van der Waals surface area (Å²) >= 11 is 0. The summed E-state index contributed by atoms with van der Waals surface area (Å²) in [5.41, 5.74) is 5.55. The molecule has 2 aromatic rings. The van der Waals surface area contributed by atoms with E-state index in [9.17, 15) is 0 Å². The number of methoxy groups -OCH3 is 2. The molecule has 3 nitrogen and oxygen atoms in total. The maximum absolute atomic E-state index is 5.48. The second kappa shape index (κ2) is 6.48. The molecular formula is C21H27NO2. The zero-order valence-electron chi connectivity index (χ0n) is 15.3. The summed E-state index contributed by atoms with van der Waals surface area (Å²) in [5.74, 6) is 1.63. The van der Waals surface area contributed by atoms with Crippen molar-refractivity contribution < 1.29 is 9.47 Å². The van der Waals surface area contributed by atoms with Gasteiger partial charge in [-0.25, -0.2) is 0 Å². The summed E-state index contributed by atoms with van der Waals surface area (Å²) < 4.78 is 11.0. The molecule has 0 fully saturated rings. The molecule has 0 amide bonds. The van der Waals surface area contributed by atoms with Crippen LogP contribution in [-0.4, -0.2) is 24.7 Å². The predicted molar refractivity (Wildman–Crippen MR) is 97.8 cm³/mol. The third-order valence-corrected chi connectivity index (χ3v) is 5.17. The Morgan fingerprint density at radius 2 is 1.62 bits per heavy atom. The highest BCUT2D eigenvalue weighted by atomic mass is 16.5. The molecule has 2 aromatic carbocycles. The molecule has 3 rings (SSSR count). The van der Waals surface area contributed by atoms with Gasteiger partial charge in [-0.2, -0.15) is 0 Å². The van der Waals surface area contributed by atoms with Gasteiger partial charge in [0.05, 0.1) is 14.2 Å². The van der Waals surface area contributed by atoms with Gasteiger partial charge in [-0.15, -0.1) is 0 Å². The fraction of sp³-hybridized carbons (Fsp3) is 0.429. The summed E-state index contributed by atoms with van der Waals surface area (Å²) in [5, 5.41) is 0. The van der Waals surface area contributed by atoms with Crippen LogP contribution in [0.25, 0.3) is 0 Å². The molecule has 0 bridgehead atoms. The number of hydrogen-bond acceptors (Lipinski definition) is 3. The smallest absolute Gasteiger partial charge is 0.161 e. The summed E-state index contributed by atoms with van der Waals surface area (Å²) in [6, 6.07) is 12.9. The second-order valence-electron chi connectivity index (χ2n) is 7.25. The van der Waals surface area contributed by atoms with Crippen LogP contribution in [0.3, 0.4) is 0 Å². The number of fused-ring (bicyclic) bond motifs is 1. The van der Waals surface area contributed by atoms with Crippen LogP contribution in [0.1, 0.15) is 36.1 Å². The molecule has 0 saturated carbocycles. The Morgan fingerprint density at radius 1 is 1.00 bits per heavy atom. The topological polar surface area (TPSA) is 21.7 Å². The lowest BCUT2D eigenvalue weighted by Crippen LogP contribution is -2.47. The lowest BCUT2D eigenvalue weighted by atomic mass is 9.84. The molecule has 128 valence electrons. The molecule has 0 aliphatic carbocycles. The van der Waals surface area contributed by atoms with Crippen molar-refractivity contribution in [2.45, 2.75) is 45.8 Å². The van der Waals surface area contributed by atoms with E-state index in [1.807, 2.05) is 0 Å². The lowest BCUT2D eigenvalue weighted by molar-refractivity contribution is 0.0885. The average molecular weight is 325 g/mol. The second-order valence-corrected chi connectivity index (χ2v) is 7.25. The van der Waals surface area contributed by atoms with Gasteiger partial charge in [0, 0.05) is 18.6 Å². The molecule has 0 saturated heterocycles. The van der Waals surface area contributed by atoms with E-state index in [4.69, 9.17) is 9.47 Å². The van der Waals surface area contributed by atoms with E-state index in [0.717, 1.165) is 31.0 Å². The van der Waals surface area contributed by atoms with Crippen molar-refractivity contribution >= 4 is 0 Å². The molecule has 3 heteroatoms. The van der Waals surface area contributed by atoms with E-state index in [2.05, 4.69) is 62.1 Å². The van der Waals surface area contributed by atoms with Crippen molar-refractivity contribution in [3.63, 3.8) is 0 Å². The van der Waals surface area contributed by atoms with Crippen LogP contribution in [0.15, 0.2) is 36.4 Å². The third-order valence-electron chi connectivity index (χ3n) is 5.17. The molecule has 0 radical (unpaired) electrons. The van der Waals surface area contributed by atoms with Crippen LogP contribution >= 0.6 is 0 Å². The molecular weight excluding hydrogens is 298 g/mol. The maximum atomic E-state index is 5.48. The van der Waals surface area contributed by atoms with Crippen molar-refractivity contribution in [2.75, 3.05) is 14.2 Å². The van der Waals surface area contributed by atoms with Crippen molar-refractivity contribution in [2.24, 2.45) is 0 Å². The van der Waals surface area contributed by atoms with Gasteiger partial charge in [-0.05, 0) is 61.6 Å². The molecule has 0 unspecified atom stereocenters. The van der Waals surface area contributed by atoms with Gasteiger partial charge in [0.1, 0.15) is 0 Å². The van der Waals surface area contributed by atoms with E-state index >= 15 is 0 Å². The predicted octanol–water partition coefficient (Wildman–Crippen LogP) is 4.35. The molecule has 0 aromatic heterocycles. The summed E-state index contributed by atoms with van der Waals surface area (Å²) in [6.07, 6.45) is 1.01. The number of hydrogen-bond donors (Lipinski definition) is 0. The van der Waals surface area contributed by atoms with Crippen LogP contribution in [0.2, 0.25) is 0 Å². The maximum Gasteiger partial charge on any atom is 0.161 e. The summed E-state index contributed by atoms with van der Waals surface area (Å²) in [6.45, 7) is 8.73. The van der Waals surface area contributed by atoms with E-state index in [-0.39, 0.29) is 5.54 Å². The van der Waals surface area contributed by atoms with Gasteiger partial charge in [0.15, 0.2) is 11.5 Å². The van der Waals surface area contributed by atoms with Crippen molar-refractivity contribution in [1.82, 2.24) is 4.90 Å². The Balaban J connectivity index is 1.93. The van der Waals surface area contributed by atoms with Crippen molar-refractivity contribution in [3.05, 3.63) is 58.7 Å². The Kier molecular flexibility index (Phi) is 4.55. The largest absolute Gasteiger partial charge is 0.493 e. The lowest BCUT2D eigenvalue weighted by Gasteiger charge is -2.44. The van der Waals surface area contributed by atoms with Gasteiger partial charge in [-0.1, -0.05) is 24.3 Å². The zero-order chi connectivity index (χ0) is 17.3. The average Bonchev–Trinajstić information content (AvgIpc) is 2.56. The minimum Gasteiger partial charge on any atom is -0.493 e. The third kappa shape index (κ3) is 3.13. The Morgan fingerprint density at radius 3 is 2.25 bits per heavy atom. The van der Waals surface area contributed by atoms with Gasteiger partial charge >= 0.3 is 0 Å². The highest BCUT2D eigenvalue weighted by Crippen LogP contribution is 2.38. The van der Waals surface area contributed by atoms with Gasteiger partial charge in [0.2, 0.25) is 0 Å². The first-order chi connectivity index (χ1) is 11.4. The molecule has 1 aliphatic heterocycles. The fourth-order valence-electron chi connectivity index (χ4n) is 3.54. The van der Waals surface area contributed by atoms with Gasteiger partial charge in [0.25, 0.3) is 0 Å². The van der Waals surface area contributed by atoms with E-state index in [0.29, 0.717) is 0 Å². The zero-order valence-corrected chi connectivity index (χ0v) is 15.3. The number of benzene rings is 2. The molecule has 0 atom stereocenters. The monoisotopic (exact) mass is 325 g/mol. The SMILES string of the molecule is COc1cc2c(cc1OC)CC(C)(C)N(Cc1ccccc1C)C2. The van der Waals surface area contributed by atoms with Crippen LogP contribution in [-0.2, 0) is 19.5 Å². The highest BCUT2D eigenvalue weighted by molar-refractivity contribution is 5.49. The first-order valence-corrected chi connectivity index (χ1v) is 8.48.